The van der Waals surface area contributed by atoms with E-state index in [1.54, 1.807) is 36.4 Å². The van der Waals surface area contributed by atoms with E-state index in [0.717, 1.165) is 0 Å². The Morgan fingerprint density at radius 3 is 2.45 bits per heavy atom. The first kappa shape index (κ1) is 21.3. The first-order valence-corrected chi connectivity index (χ1v) is 8.55. The molecule has 7 nitrogen and oxygen atoms in total. The molecule has 0 aliphatic carbocycles. The van der Waals surface area contributed by atoms with Crippen molar-refractivity contribution in [1.29, 1.82) is 5.26 Å². The van der Waals surface area contributed by atoms with Crippen molar-refractivity contribution < 1.29 is 23.8 Å². The molecule has 2 rings (SSSR count). The lowest BCUT2D eigenvalue weighted by Gasteiger charge is -2.10. The molecule has 0 heterocycles. The number of ether oxygens (including phenoxy) is 3. The average molecular weight is 392 g/mol. The topological polar surface area (TPSA) is 97.7 Å². The zero-order chi connectivity index (χ0) is 21.2. The zero-order valence-corrected chi connectivity index (χ0v) is 16.1. The van der Waals surface area contributed by atoms with Crippen LogP contribution in [0.3, 0.4) is 0 Å². The number of nitrogens with one attached hydrogen (secondary N) is 1. The first-order valence-electron chi connectivity index (χ1n) is 8.55. The lowest BCUT2D eigenvalue weighted by atomic mass is 10.1. The van der Waals surface area contributed by atoms with Crippen LogP contribution in [0.2, 0.25) is 0 Å². The molecule has 7 heteroatoms. The van der Waals surface area contributed by atoms with E-state index in [4.69, 9.17) is 9.47 Å². The van der Waals surface area contributed by atoms with Crippen LogP contribution in [0.1, 0.15) is 15.9 Å². The van der Waals surface area contributed by atoms with Gasteiger partial charge in [-0.3, -0.25) is 4.79 Å². The van der Waals surface area contributed by atoms with Crippen molar-refractivity contribution in [3.63, 3.8) is 0 Å². The Hall–Kier alpha value is -4.05. The van der Waals surface area contributed by atoms with Crippen molar-refractivity contribution >= 4 is 23.6 Å². The summed E-state index contributed by atoms with van der Waals surface area (Å²) in [6, 6.07) is 13.1. The fourth-order valence-corrected chi connectivity index (χ4v) is 2.36. The molecule has 0 radical (unpaired) electrons. The summed E-state index contributed by atoms with van der Waals surface area (Å²) >= 11 is 0. The highest BCUT2D eigenvalue weighted by Crippen LogP contribution is 2.29. The van der Waals surface area contributed by atoms with Gasteiger partial charge in [0.1, 0.15) is 18.2 Å². The lowest BCUT2D eigenvalue weighted by molar-refractivity contribution is -0.112. The Kier molecular flexibility index (Phi) is 7.57. The van der Waals surface area contributed by atoms with Crippen molar-refractivity contribution in [1.82, 2.24) is 0 Å². The zero-order valence-electron chi connectivity index (χ0n) is 16.1. The van der Waals surface area contributed by atoms with Gasteiger partial charge in [0.15, 0.2) is 11.5 Å². The minimum atomic E-state index is -0.579. The molecular formula is C22H20N2O5. The van der Waals surface area contributed by atoms with E-state index >= 15 is 0 Å². The van der Waals surface area contributed by atoms with Crippen LogP contribution in [0.25, 0.3) is 6.08 Å². The second-order valence-electron chi connectivity index (χ2n) is 5.70. The molecule has 0 aromatic heterocycles. The Bertz CT molecular complexity index is 972. The average Bonchev–Trinajstić information content (AvgIpc) is 2.76. The van der Waals surface area contributed by atoms with Crippen LogP contribution in [0.5, 0.6) is 11.5 Å². The molecule has 0 saturated heterocycles. The highest BCUT2D eigenvalue weighted by Gasteiger charge is 2.12. The van der Waals surface area contributed by atoms with Crippen LogP contribution < -0.4 is 14.8 Å². The number of carbonyl (C=O) groups excluding carboxylic acids is 2. The van der Waals surface area contributed by atoms with Gasteiger partial charge in [0, 0.05) is 5.69 Å². The van der Waals surface area contributed by atoms with Gasteiger partial charge in [-0.25, -0.2) is 4.79 Å². The van der Waals surface area contributed by atoms with Crippen molar-refractivity contribution in [3.05, 3.63) is 71.8 Å². The lowest BCUT2D eigenvalue weighted by Crippen LogP contribution is -2.13. The molecule has 0 fully saturated rings. The molecule has 148 valence electrons. The molecule has 0 aliphatic rings. The van der Waals surface area contributed by atoms with Crippen LogP contribution >= 0.6 is 0 Å². The van der Waals surface area contributed by atoms with Crippen LogP contribution in [0, 0.1) is 11.3 Å². The van der Waals surface area contributed by atoms with Crippen molar-refractivity contribution in [3.8, 4) is 17.6 Å². The summed E-state index contributed by atoms with van der Waals surface area (Å²) in [5.74, 6) is -0.0610. The molecule has 2 aromatic carbocycles. The molecular weight excluding hydrogens is 372 g/mol. The fourth-order valence-electron chi connectivity index (χ4n) is 2.36. The van der Waals surface area contributed by atoms with Crippen molar-refractivity contribution in [2.75, 3.05) is 26.1 Å². The highest BCUT2D eigenvalue weighted by atomic mass is 16.5. The van der Waals surface area contributed by atoms with E-state index in [2.05, 4.69) is 16.6 Å². The Balaban J connectivity index is 2.18. The summed E-state index contributed by atoms with van der Waals surface area (Å²) in [5.41, 5.74) is 1.30. The minimum Gasteiger partial charge on any atom is -0.493 e. The van der Waals surface area contributed by atoms with Gasteiger partial charge >= 0.3 is 5.97 Å². The number of rotatable bonds is 8. The monoisotopic (exact) mass is 392 g/mol. The Labute approximate surface area is 168 Å². The molecule has 0 aliphatic heterocycles. The molecule has 0 unspecified atom stereocenters. The van der Waals surface area contributed by atoms with Gasteiger partial charge in [-0.1, -0.05) is 18.7 Å². The number of nitrogens with zero attached hydrogens (tertiary/aromatic N) is 1. The van der Waals surface area contributed by atoms with Gasteiger partial charge in [0.05, 0.1) is 19.8 Å². The molecule has 2 aromatic rings. The van der Waals surface area contributed by atoms with Crippen molar-refractivity contribution in [2.45, 2.75) is 0 Å². The highest BCUT2D eigenvalue weighted by molar-refractivity contribution is 6.09. The van der Waals surface area contributed by atoms with Gasteiger partial charge in [-0.05, 0) is 48.0 Å². The second kappa shape index (κ2) is 10.3. The maximum absolute atomic E-state index is 12.4. The van der Waals surface area contributed by atoms with Crippen LogP contribution in [0.4, 0.5) is 5.69 Å². The Morgan fingerprint density at radius 1 is 1.14 bits per heavy atom. The van der Waals surface area contributed by atoms with E-state index in [1.807, 2.05) is 6.07 Å². The van der Waals surface area contributed by atoms with E-state index in [0.29, 0.717) is 34.9 Å². The Morgan fingerprint density at radius 2 is 1.86 bits per heavy atom. The number of amides is 1. The second-order valence-corrected chi connectivity index (χ2v) is 5.70. The van der Waals surface area contributed by atoms with Gasteiger partial charge < -0.3 is 19.5 Å². The van der Waals surface area contributed by atoms with Gasteiger partial charge in [0.2, 0.25) is 0 Å². The molecule has 0 saturated carbocycles. The maximum Gasteiger partial charge on any atom is 0.337 e. The summed E-state index contributed by atoms with van der Waals surface area (Å²) in [6.45, 7) is 3.92. The number of nitriles is 1. The number of hydrogen-bond donors (Lipinski definition) is 1. The third-order valence-corrected chi connectivity index (χ3v) is 3.78. The molecule has 0 atom stereocenters. The van der Waals surface area contributed by atoms with Gasteiger partial charge in [-0.2, -0.15) is 5.26 Å². The molecule has 1 amide bonds. The number of carbonyl (C=O) groups is 2. The normalized spacial score (nSPS) is 10.4. The van der Waals surface area contributed by atoms with E-state index in [1.165, 1.54) is 32.4 Å². The van der Waals surface area contributed by atoms with E-state index < -0.39 is 11.9 Å². The maximum atomic E-state index is 12.4. The van der Waals surface area contributed by atoms with Crippen LogP contribution in [-0.4, -0.2) is 32.7 Å². The molecule has 0 spiro atoms. The van der Waals surface area contributed by atoms with Gasteiger partial charge in [-0.15, -0.1) is 0 Å². The minimum absolute atomic E-state index is 0.0937. The standard InChI is InChI=1S/C22H20N2O5/c1-4-11-29-19-10-5-15(13-20(19)27-2)12-17(14-23)21(25)24-18-8-6-16(7-9-18)22(26)28-3/h4-10,12-13H,1,11H2,2-3H3,(H,24,25)/b17-12+. The summed E-state index contributed by atoms with van der Waals surface area (Å²) in [7, 11) is 2.79. The predicted molar refractivity (Wildman–Crippen MR) is 109 cm³/mol. The van der Waals surface area contributed by atoms with Gasteiger partial charge in [0.25, 0.3) is 5.91 Å². The van der Waals surface area contributed by atoms with Crippen molar-refractivity contribution in [2.24, 2.45) is 0 Å². The molecule has 1 N–H and O–H groups in total. The van der Waals surface area contributed by atoms with Crippen LogP contribution in [-0.2, 0) is 9.53 Å². The first-order chi connectivity index (χ1) is 14.0. The summed E-state index contributed by atoms with van der Waals surface area (Å²) in [6.07, 6.45) is 3.06. The summed E-state index contributed by atoms with van der Waals surface area (Å²) < 4.78 is 15.4. The van der Waals surface area contributed by atoms with E-state index in [-0.39, 0.29) is 5.57 Å². The number of esters is 1. The number of methoxy groups -OCH3 is 2. The number of benzene rings is 2. The summed E-state index contributed by atoms with van der Waals surface area (Å²) in [5, 5.41) is 12.0. The smallest absolute Gasteiger partial charge is 0.337 e. The summed E-state index contributed by atoms with van der Waals surface area (Å²) in [4.78, 5) is 23.9. The SMILES string of the molecule is C=CCOc1ccc(/C=C(\C#N)C(=O)Nc2ccc(C(=O)OC)cc2)cc1OC. The molecule has 0 bridgehead atoms. The number of hydrogen-bond acceptors (Lipinski definition) is 6. The molecule has 29 heavy (non-hydrogen) atoms. The third-order valence-electron chi connectivity index (χ3n) is 3.78. The van der Waals surface area contributed by atoms with Crippen LogP contribution in [0.15, 0.2) is 60.7 Å². The van der Waals surface area contributed by atoms with E-state index in [9.17, 15) is 14.9 Å². The third kappa shape index (κ3) is 5.71. The fraction of sp³-hybridized carbons (Fsp3) is 0.136. The largest absolute Gasteiger partial charge is 0.493 e. The predicted octanol–water partition coefficient (Wildman–Crippen LogP) is 3.59. The number of anilines is 1. The quantitative estimate of drug-likeness (QED) is 0.319.